The summed E-state index contributed by atoms with van der Waals surface area (Å²) in [6, 6.07) is 3.29. The first-order valence-electron chi connectivity index (χ1n) is 8.12. The zero-order chi connectivity index (χ0) is 20.6. The lowest BCUT2D eigenvalue weighted by Crippen LogP contribution is -2.54. The van der Waals surface area contributed by atoms with Crippen molar-refractivity contribution >= 4 is 21.6 Å². The Kier molecular flexibility index (Phi) is 5.41. The number of carbonyl (C=O) groups excluding carboxylic acids is 1. The molecule has 1 heterocycles. The molecule has 28 heavy (non-hydrogen) atoms. The van der Waals surface area contributed by atoms with Crippen LogP contribution in [0.4, 0.5) is 23.2 Å². The summed E-state index contributed by atoms with van der Waals surface area (Å²) in [5, 5.41) is 2.11. The van der Waals surface area contributed by atoms with Crippen molar-refractivity contribution in [1.29, 1.82) is 0 Å². The number of benzene rings is 2. The fourth-order valence-electron chi connectivity index (χ4n) is 2.77. The number of hydrogen-bond acceptors (Lipinski definition) is 4. The minimum absolute atomic E-state index is 0.0721. The minimum Gasteiger partial charge on any atom is -0.329 e. The van der Waals surface area contributed by atoms with Gasteiger partial charge in [-0.05, 0) is 24.6 Å². The highest BCUT2D eigenvalue weighted by Gasteiger charge is 2.39. The predicted molar refractivity (Wildman–Crippen MR) is 92.0 cm³/mol. The summed E-state index contributed by atoms with van der Waals surface area (Å²) in [5.41, 5.74) is 4.83. The molecule has 1 fully saturated rings. The van der Waals surface area contributed by atoms with E-state index < -0.39 is 50.1 Å². The van der Waals surface area contributed by atoms with Gasteiger partial charge in [0.1, 0.15) is 10.7 Å². The molecule has 0 radical (unpaired) electrons. The van der Waals surface area contributed by atoms with Crippen molar-refractivity contribution in [2.75, 3.05) is 18.4 Å². The minimum atomic E-state index is -4.21. The van der Waals surface area contributed by atoms with Crippen LogP contribution in [0.3, 0.4) is 0 Å². The molecule has 2 aromatic rings. The molecule has 1 atom stereocenters. The molecule has 150 valence electrons. The van der Waals surface area contributed by atoms with Gasteiger partial charge in [0.15, 0.2) is 17.5 Å². The molecule has 0 spiro atoms. The van der Waals surface area contributed by atoms with Crippen LogP contribution in [-0.4, -0.2) is 37.8 Å². The fraction of sp³-hybridized carbons (Fsp3) is 0.235. The van der Waals surface area contributed by atoms with E-state index in [2.05, 4.69) is 5.32 Å². The van der Waals surface area contributed by atoms with E-state index in [0.717, 1.165) is 22.5 Å². The van der Waals surface area contributed by atoms with Gasteiger partial charge in [0.2, 0.25) is 10.0 Å². The van der Waals surface area contributed by atoms with Crippen LogP contribution in [-0.2, 0) is 10.0 Å². The van der Waals surface area contributed by atoms with Gasteiger partial charge in [-0.1, -0.05) is 0 Å². The highest BCUT2D eigenvalue weighted by atomic mass is 32.2. The van der Waals surface area contributed by atoms with Crippen LogP contribution in [0.2, 0.25) is 0 Å². The molecule has 0 aromatic heterocycles. The first-order chi connectivity index (χ1) is 13.1. The van der Waals surface area contributed by atoms with E-state index in [1.165, 1.54) is 0 Å². The van der Waals surface area contributed by atoms with Crippen molar-refractivity contribution in [3.63, 3.8) is 0 Å². The Morgan fingerprint density at radius 3 is 2.29 bits per heavy atom. The van der Waals surface area contributed by atoms with Gasteiger partial charge in [0.25, 0.3) is 5.91 Å². The van der Waals surface area contributed by atoms with Crippen molar-refractivity contribution in [1.82, 2.24) is 4.31 Å². The lowest BCUT2D eigenvalue weighted by molar-refractivity contribution is 0.102. The van der Waals surface area contributed by atoms with Gasteiger partial charge in [-0.2, -0.15) is 4.31 Å². The molecule has 0 unspecified atom stereocenters. The van der Waals surface area contributed by atoms with Gasteiger partial charge >= 0.3 is 0 Å². The van der Waals surface area contributed by atoms with Crippen LogP contribution in [0.1, 0.15) is 16.8 Å². The zero-order valence-electron chi connectivity index (χ0n) is 14.3. The summed E-state index contributed by atoms with van der Waals surface area (Å²) in [7, 11) is -4.21. The Balaban J connectivity index is 1.90. The lowest BCUT2D eigenvalue weighted by Gasteiger charge is -2.38. The predicted octanol–water partition coefficient (Wildman–Crippen LogP) is 2.22. The second-order valence-electron chi connectivity index (χ2n) is 6.15. The third-order valence-electron chi connectivity index (χ3n) is 4.38. The second-order valence-corrected chi connectivity index (χ2v) is 8.01. The van der Waals surface area contributed by atoms with Crippen LogP contribution in [0.25, 0.3) is 0 Å². The van der Waals surface area contributed by atoms with E-state index in [0.29, 0.717) is 18.6 Å². The van der Waals surface area contributed by atoms with E-state index in [1.54, 1.807) is 0 Å². The molecular formula is C17H15F4N3O3S. The highest BCUT2D eigenvalue weighted by Crippen LogP contribution is 2.29. The Morgan fingerprint density at radius 1 is 1.11 bits per heavy atom. The molecule has 6 nitrogen and oxygen atoms in total. The normalized spacial score (nSPS) is 17.2. The molecule has 1 amide bonds. The summed E-state index contributed by atoms with van der Waals surface area (Å²) in [6.07, 6.45) is 0.541. The number of amides is 1. The average molecular weight is 417 g/mol. The summed E-state index contributed by atoms with van der Waals surface area (Å²) < 4.78 is 79.9. The van der Waals surface area contributed by atoms with Crippen molar-refractivity contribution in [2.24, 2.45) is 5.73 Å². The maximum absolute atomic E-state index is 14.1. The summed E-state index contributed by atoms with van der Waals surface area (Å²) >= 11 is 0. The number of nitrogens with zero attached hydrogens (tertiary/aromatic N) is 1. The third-order valence-corrected chi connectivity index (χ3v) is 6.35. The molecule has 2 aromatic carbocycles. The SMILES string of the molecule is NC[C@@H]1CCN1S(=O)(=O)c1cc(C(=O)Nc2cc(F)c(F)c(F)c2)ccc1F. The van der Waals surface area contributed by atoms with E-state index in [1.807, 2.05) is 0 Å². The molecule has 3 rings (SSSR count). The quantitative estimate of drug-likeness (QED) is 0.576. The maximum Gasteiger partial charge on any atom is 0.255 e. The number of hydrogen-bond donors (Lipinski definition) is 2. The second kappa shape index (κ2) is 7.49. The van der Waals surface area contributed by atoms with Gasteiger partial charge in [-0.3, -0.25) is 4.79 Å². The van der Waals surface area contributed by atoms with Gasteiger partial charge in [0, 0.05) is 42.5 Å². The molecule has 0 aliphatic carbocycles. The summed E-state index contributed by atoms with van der Waals surface area (Å²) in [6.45, 7) is 0.247. The van der Waals surface area contributed by atoms with E-state index in [4.69, 9.17) is 5.73 Å². The Hall–Kier alpha value is -2.50. The van der Waals surface area contributed by atoms with Crippen molar-refractivity contribution in [2.45, 2.75) is 17.4 Å². The Morgan fingerprint density at radius 2 is 1.75 bits per heavy atom. The topological polar surface area (TPSA) is 92.5 Å². The first-order valence-corrected chi connectivity index (χ1v) is 9.56. The third kappa shape index (κ3) is 3.60. The molecule has 1 aliphatic heterocycles. The number of sulfonamides is 1. The molecule has 3 N–H and O–H groups in total. The number of rotatable bonds is 5. The Labute approximate surface area is 158 Å². The van der Waals surface area contributed by atoms with Gasteiger partial charge < -0.3 is 11.1 Å². The maximum atomic E-state index is 14.1. The van der Waals surface area contributed by atoms with E-state index >= 15 is 0 Å². The number of halogens is 4. The van der Waals surface area contributed by atoms with E-state index in [-0.39, 0.29) is 24.3 Å². The van der Waals surface area contributed by atoms with Gasteiger partial charge in [-0.25, -0.2) is 26.0 Å². The van der Waals surface area contributed by atoms with Crippen LogP contribution in [0.5, 0.6) is 0 Å². The van der Waals surface area contributed by atoms with Crippen molar-refractivity contribution in [3.05, 3.63) is 59.2 Å². The Bertz CT molecular complexity index is 1020. The number of nitrogens with two attached hydrogens (primary N) is 1. The summed E-state index contributed by atoms with van der Waals surface area (Å²) in [4.78, 5) is 11.6. The largest absolute Gasteiger partial charge is 0.329 e. The molecule has 11 heteroatoms. The average Bonchev–Trinajstić information content (AvgIpc) is 2.58. The fourth-order valence-corrected chi connectivity index (χ4v) is 4.54. The number of nitrogens with one attached hydrogen (secondary N) is 1. The monoisotopic (exact) mass is 417 g/mol. The van der Waals surface area contributed by atoms with E-state index in [9.17, 15) is 30.8 Å². The summed E-state index contributed by atoms with van der Waals surface area (Å²) in [5.74, 6) is -6.73. The number of anilines is 1. The highest BCUT2D eigenvalue weighted by molar-refractivity contribution is 7.89. The molecule has 0 saturated carbocycles. The molecule has 1 aliphatic rings. The smallest absolute Gasteiger partial charge is 0.255 e. The zero-order valence-corrected chi connectivity index (χ0v) is 15.1. The lowest BCUT2D eigenvalue weighted by atomic mass is 10.1. The van der Waals surface area contributed by atoms with Crippen LogP contribution in [0.15, 0.2) is 35.2 Å². The van der Waals surface area contributed by atoms with Crippen LogP contribution in [0, 0.1) is 23.3 Å². The van der Waals surface area contributed by atoms with Crippen LogP contribution >= 0.6 is 0 Å². The molecule has 0 bridgehead atoms. The van der Waals surface area contributed by atoms with Crippen molar-refractivity contribution < 1.29 is 30.8 Å². The molecule has 1 saturated heterocycles. The van der Waals surface area contributed by atoms with Gasteiger partial charge in [-0.15, -0.1) is 0 Å². The number of carbonyl (C=O) groups is 1. The first kappa shape index (κ1) is 20.2. The van der Waals surface area contributed by atoms with Crippen molar-refractivity contribution in [3.8, 4) is 0 Å². The van der Waals surface area contributed by atoms with Gasteiger partial charge in [0.05, 0.1) is 0 Å². The molecular weight excluding hydrogens is 402 g/mol. The van der Waals surface area contributed by atoms with Crippen LogP contribution < -0.4 is 11.1 Å². The standard InChI is InChI=1S/C17H15F4N3O3S/c18-12-2-1-9(5-15(12)28(26,27)24-4-3-11(24)8-22)17(25)23-10-6-13(19)16(21)14(20)7-10/h1-2,5-7,11H,3-4,8,22H2,(H,23,25)/t11-/m0/s1.